The van der Waals surface area contributed by atoms with Crippen LogP contribution in [0, 0.1) is 0 Å². The molecule has 1 N–H and O–H groups in total. The highest BCUT2D eigenvalue weighted by atomic mass is 79.9. The van der Waals surface area contributed by atoms with Crippen molar-refractivity contribution >= 4 is 33.3 Å². The molecule has 1 aliphatic rings. The number of Topliss-reactive ketones (excluding diaryl/α,β-unsaturated/α-hetero) is 1. The Morgan fingerprint density at radius 2 is 1.85 bits per heavy atom. The third-order valence-electron chi connectivity index (χ3n) is 4.93. The molecule has 0 saturated carbocycles. The summed E-state index contributed by atoms with van der Waals surface area (Å²) >= 11 is 3.39. The number of likely N-dealkylation sites (N-methyl/N-ethyl adjacent to an activating group) is 1. The van der Waals surface area contributed by atoms with E-state index in [1.165, 1.54) is 4.90 Å². The Balaban J connectivity index is 1.94. The molecule has 0 unspecified atom stereocenters. The van der Waals surface area contributed by atoms with E-state index < -0.39 is 11.5 Å². The fourth-order valence-electron chi connectivity index (χ4n) is 3.40. The molecule has 0 fully saturated rings. The van der Waals surface area contributed by atoms with Gasteiger partial charge in [0.25, 0.3) is 5.91 Å². The highest BCUT2D eigenvalue weighted by molar-refractivity contribution is 9.10. The summed E-state index contributed by atoms with van der Waals surface area (Å²) in [4.78, 5) is 27.1. The average molecular weight is 416 g/mol. The van der Waals surface area contributed by atoms with E-state index >= 15 is 0 Å². The van der Waals surface area contributed by atoms with E-state index in [9.17, 15) is 14.7 Å². The summed E-state index contributed by atoms with van der Waals surface area (Å²) in [5.41, 5.74) is 0.950. The lowest BCUT2D eigenvalue weighted by atomic mass is 9.87. The molecule has 3 rings (SSSR count). The molecule has 1 atom stereocenters. The molecule has 0 spiro atoms. The monoisotopic (exact) mass is 415 g/mol. The van der Waals surface area contributed by atoms with E-state index in [-0.39, 0.29) is 12.2 Å². The maximum atomic E-state index is 12.8. The maximum Gasteiger partial charge on any atom is 0.264 e. The van der Waals surface area contributed by atoms with E-state index in [0.717, 1.165) is 10.0 Å². The van der Waals surface area contributed by atoms with Gasteiger partial charge in [0.2, 0.25) is 0 Å². The second kappa shape index (κ2) is 6.97. The molecule has 0 aromatic heterocycles. The van der Waals surface area contributed by atoms with Crippen molar-refractivity contribution < 1.29 is 14.7 Å². The number of nitrogens with zero attached hydrogens (tertiary/aromatic N) is 1. The molecule has 5 heteroatoms. The van der Waals surface area contributed by atoms with Gasteiger partial charge in [0, 0.05) is 22.1 Å². The molecule has 0 bridgehead atoms. The molecule has 4 nitrogen and oxygen atoms in total. The van der Waals surface area contributed by atoms with Crippen LogP contribution in [-0.4, -0.2) is 23.3 Å². The standard InChI is InChI=1S/C21H22BrNO3/c1-4-23-18-10-9-16(22)11-17(18)21(26,20(23)25)12-19(24)15-7-5-14(6-8-15)13(2)3/h5-11,13,26H,4,12H2,1-3H3/t21-/m0/s1. The van der Waals surface area contributed by atoms with Crippen molar-refractivity contribution in [3.63, 3.8) is 0 Å². The van der Waals surface area contributed by atoms with Gasteiger partial charge < -0.3 is 10.0 Å². The topological polar surface area (TPSA) is 57.6 Å². The normalized spacial score (nSPS) is 19.2. The van der Waals surface area contributed by atoms with Gasteiger partial charge in [0.1, 0.15) is 0 Å². The van der Waals surface area contributed by atoms with Gasteiger partial charge in [-0.15, -0.1) is 0 Å². The number of aliphatic hydroxyl groups is 1. The van der Waals surface area contributed by atoms with Crippen LogP contribution in [0.2, 0.25) is 0 Å². The Morgan fingerprint density at radius 3 is 2.42 bits per heavy atom. The molecule has 0 radical (unpaired) electrons. The van der Waals surface area contributed by atoms with Crippen molar-refractivity contribution in [3.8, 4) is 0 Å². The van der Waals surface area contributed by atoms with E-state index in [1.807, 2.05) is 25.1 Å². The first-order chi connectivity index (χ1) is 12.3. The number of hydrogen-bond donors (Lipinski definition) is 1. The minimum atomic E-state index is -1.83. The second-order valence-electron chi connectivity index (χ2n) is 6.95. The van der Waals surface area contributed by atoms with E-state index in [2.05, 4.69) is 29.8 Å². The lowest BCUT2D eigenvalue weighted by Crippen LogP contribution is -2.41. The molecule has 2 aromatic carbocycles. The van der Waals surface area contributed by atoms with Gasteiger partial charge in [-0.3, -0.25) is 9.59 Å². The van der Waals surface area contributed by atoms with Gasteiger partial charge in [0.05, 0.1) is 12.1 Å². The largest absolute Gasteiger partial charge is 0.375 e. The van der Waals surface area contributed by atoms with Crippen LogP contribution in [0.3, 0.4) is 0 Å². The molecular weight excluding hydrogens is 394 g/mol. The highest BCUT2D eigenvalue weighted by Crippen LogP contribution is 2.44. The van der Waals surface area contributed by atoms with Gasteiger partial charge in [-0.1, -0.05) is 54.0 Å². The summed E-state index contributed by atoms with van der Waals surface area (Å²) in [7, 11) is 0. The molecule has 136 valence electrons. The lowest BCUT2D eigenvalue weighted by molar-refractivity contribution is -0.135. The number of anilines is 1. The zero-order chi connectivity index (χ0) is 19.1. The summed E-state index contributed by atoms with van der Waals surface area (Å²) in [5.74, 6) is -0.317. The first-order valence-electron chi connectivity index (χ1n) is 8.75. The van der Waals surface area contributed by atoms with Crippen molar-refractivity contribution in [1.29, 1.82) is 0 Å². The van der Waals surface area contributed by atoms with Crippen LogP contribution in [-0.2, 0) is 10.4 Å². The molecule has 0 saturated heterocycles. The van der Waals surface area contributed by atoms with Gasteiger partial charge in [-0.05, 0) is 36.6 Å². The van der Waals surface area contributed by atoms with Gasteiger partial charge >= 0.3 is 0 Å². The SMILES string of the molecule is CCN1C(=O)[C@](O)(CC(=O)c2ccc(C(C)C)cc2)c2cc(Br)ccc21. The minimum absolute atomic E-state index is 0.250. The number of carbonyl (C=O) groups excluding carboxylic acids is 2. The van der Waals surface area contributed by atoms with Crippen LogP contribution < -0.4 is 4.90 Å². The van der Waals surface area contributed by atoms with Crippen molar-refractivity contribution in [2.45, 2.75) is 38.7 Å². The van der Waals surface area contributed by atoms with Gasteiger partial charge in [-0.25, -0.2) is 0 Å². The zero-order valence-corrected chi connectivity index (χ0v) is 16.7. The highest BCUT2D eigenvalue weighted by Gasteiger charge is 2.50. The predicted octanol–water partition coefficient (Wildman–Crippen LogP) is 4.40. The molecule has 1 aliphatic heterocycles. The molecular formula is C21H22BrNO3. The molecule has 1 amide bonds. The second-order valence-corrected chi connectivity index (χ2v) is 7.86. The number of carbonyl (C=O) groups is 2. The van der Waals surface area contributed by atoms with Crippen molar-refractivity contribution in [3.05, 3.63) is 63.6 Å². The van der Waals surface area contributed by atoms with Gasteiger partial charge in [-0.2, -0.15) is 0 Å². The Morgan fingerprint density at radius 1 is 1.19 bits per heavy atom. The summed E-state index contributed by atoms with van der Waals surface area (Å²) in [6.45, 7) is 6.46. The Labute approximate surface area is 162 Å². The molecule has 0 aliphatic carbocycles. The molecule has 2 aromatic rings. The molecule has 26 heavy (non-hydrogen) atoms. The van der Waals surface area contributed by atoms with Crippen LogP contribution in [0.1, 0.15) is 54.6 Å². The zero-order valence-electron chi connectivity index (χ0n) is 15.1. The van der Waals surface area contributed by atoms with Crippen molar-refractivity contribution in [1.82, 2.24) is 0 Å². The average Bonchev–Trinajstić information content (AvgIpc) is 2.82. The quantitative estimate of drug-likeness (QED) is 0.736. The summed E-state index contributed by atoms with van der Waals surface area (Å²) in [5, 5.41) is 11.2. The third kappa shape index (κ3) is 3.10. The number of fused-ring (bicyclic) bond motifs is 1. The van der Waals surface area contributed by atoms with Gasteiger partial charge in [0.15, 0.2) is 11.4 Å². The van der Waals surface area contributed by atoms with E-state index in [4.69, 9.17) is 0 Å². The minimum Gasteiger partial charge on any atom is -0.375 e. The number of amides is 1. The predicted molar refractivity (Wildman–Crippen MR) is 106 cm³/mol. The Bertz CT molecular complexity index is 860. The number of halogens is 1. The van der Waals surface area contributed by atoms with Crippen LogP contribution in [0.4, 0.5) is 5.69 Å². The first-order valence-corrected chi connectivity index (χ1v) is 9.54. The Kier molecular flexibility index (Phi) is 5.04. The van der Waals surface area contributed by atoms with E-state index in [1.54, 1.807) is 24.3 Å². The smallest absolute Gasteiger partial charge is 0.264 e. The van der Waals surface area contributed by atoms with Crippen LogP contribution in [0.5, 0.6) is 0 Å². The van der Waals surface area contributed by atoms with Crippen molar-refractivity contribution in [2.75, 3.05) is 11.4 Å². The van der Waals surface area contributed by atoms with Crippen LogP contribution in [0.15, 0.2) is 46.9 Å². The fraction of sp³-hybridized carbons (Fsp3) is 0.333. The van der Waals surface area contributed by atoms with Crippen molar-refractivity contribution in [2.24, 2.45) is 0 Å². The maximum absolute atomic E-state index is 12.8. The number of rotatable bonds is 5. The fourth-order valence-corrected chi connectivity index (χ4v) is 3.76. The van der Waals surface area contributed by atoms with Crippen LogP contribution >= 0.6 is 15.9 Å². The number of ketones is 1. The summed E-state index contributed by atoms with van der Waals surface area (Å²) in [6.07, 6.45) is -0.271. The Hall–Kier alpha value is -1.98. The summed E-state index contributed by atoms with van der Waals surface area (Å²) in [6, 6.07) is 12.7. The third-order valence-corrected chi connectivity index (χ3v) is 5.42. The number of benzene rings is 2. The first kappa shape index (κ1) is 18.8. The van der Waals surface area contributed by atoms with Crippen LogP contribution in [0.25, 0.3) is 0 Å². The lowest BCUT2D eigenvalue weighted by Gasteiger charge is -2.22. The van der Waals surface area contributed by atoms with E-state index in [0.29, 0.717) is 29.3 Å². The summed E-state index contributed by atoms with van der Waals surface area (Å²) < 4.78 is 0.758. The molecule has 1 heterocycles. The number of hydrogen-bond acceptors (Lipinski definition) is 3.